The van der Waals surface area contributed by atoms with Gasteiger partial charge in [-0.25, -0.2) is 0 Å². The van der Waals surface area contributed by atoms with Gasteiger partial charge in [0.1, 0.15) is 0 Å². The van der Waals surface area contributed by atoms with Crippen LogP contribution in [0.15, 0.2) is 30.5 Å². The quantitative estimate of drug-likeness (QED) is 0.830. The van der Waals surface area contributed by atoms with Crippen molar-refractivity contribution < 1.29 is 13.2 Å². The Morgan fingerprint density at radius 1 is 1.24 bits per heavy atom. The average molecular weight is 351 g/mol. The summed E-state index contributed by atoms with van der Waals surface area (Å²) in [6, 6.07) is 8.36. The third kappa shape index (κ3) is 4.84. The summed E-state index contributed by atoms with van der Waals surface area (Å²) in [6.45, 7) is 4.28. The number of nitrogens with zero attached hydrogens (tertiary/aromatic N) is 2. The first kappa shape index (κ1) is 18.0. The number of rotatable bonds is 5. The predicted molar refractivity (Wildman–Crippen MR) is 92.5 cm³/mol. The number of aromatic nitrogens is 2. The Labute approximate surface area is 146 Å². The minimum Gasteiger partial charge on any atom is -0.303 e. The molecule has 0 aliphatic carbocycles. The van der Waals surface area contributed by atoms with Crippen LogP contribution >= 0.6 is 0 Å². The molecule has 0 saturated carbocycles. The first-order valence-electron chi connectivity index (χ1n) is 8.82. The van der Waals surface area contributed by atoms with Crippen LogP contribution in [0.4, 0.5) is 13.2 Å². The molecule has 1 aromatic carbocycles. The summed E-state index contributed by atoms with van der Waals surface area (Å²) < 4.78 is 36.8. The fourth-order valence-corrected chi connectivity index (χ4v) is 3.60. The first-order chi connectivity index (χ1) is 11.9. The number of alkyl halides is 3. The van der Waals surface area contributed by atoms with Gasteiger partial charge >= 0.3 is 6.18 Å². The van der Waals surface area contributed by atoms with Crippen molar-refractivity contribution >= 4 is 0 Å². The molecule has 2 aromatic rings. The number of aryl methyl sites for hydroxylation is 1. The molecule has 0 unspecified atom stereocenters. The number of H-pyrrole nitrogens is 1. The number of likely N-dealkylation sites (tertiary alicyclic amines) is 1. The van der Waals surface area contributed by atoms with Crippen LogP contribution < -0.4 is 0 Å². The molecule has 0 bridgehead atoms. The summed E-state index contributed by atoms with van der Waals surface area (Å²) in [6.07, 6.45) is -0.769. The van der Waals surface area contributed by atoms with Crippen molar-refractivity contribution in [2.75, 3.05) is 19.6 Å². The molecule has 1 fully saturated rings. The van der Waals surface area contributed by atoms with Crippen molar-refractivity contribution in [2.24, 2.45) is 0 Å². The minimum atomic E-state index is -4.04. The lowest BCUT2D eigenvalue weighted by Gasteiger charge is -2.32. The summed E-state index contributed by atoms with van der Waals surface area (Å²) in [5, 5.41) is 7.39. The molecule has 1 saturated heterocycles. The van der Waals surface area contributed by atoms with E-state index in [1.807, 2.05) is 12.3 Å². The number of piperidine rings is 1. The van der Waals surface area contributed by atoms with Crippen LogP contribution in [0.5, 0.6) is 0 Å². The Balaban J connectivity index is 1.58. The van der Waals surface area contributed by atoms with Gasteiger partial charge in [0.15, 0.2) is 0 Å². The predicted octanol–water partition coefficient (Wildman–Crippen LogP) is 4.91. The molecule has 1 N–H and O–H groups in total. The summed E-state index contributed by atoms with van der Waals surface area (Å²) >= 11 is 0. The lowest BCUT2D eigenvalue weighted by molar-refractivity contribution is -0.136. The lowest BCUT2D eigenvalue weighted by atomic mass is 9.89. The van der Waals surface area contributed by atoms with Crippen LogP contribution in [0, 0.1) is 6.92 Å². The average Bonchev–Trinajstić information content (AvgIpc) is 3.04. The van der Waals surface area contributed by atoms with Gasteiger partial charge in [-0.15, -0.1) is 0 Å². The van der Waals surface area contributed by atoms with Gasteiger partial charge < -0.3 is 4.90 Å². The van der Waals surface area contributed by atoms with Gasteiger partial charge in [-0.1, -0.05) is 29.8 Å². The molecule has 1 aliphatic heterocycles. The molecule has 3 rings (SSSR count). The van der Waals surface area contributed by atoms with Crippen LogP contribution in [-0.4, -0.2) is 40.9 Å². The lowest BCUT2D eigenvalue weighted by Crippen LogP contribution is -2.34. The SMILES string of the molecule is Cc1cccc(-c2cn[nH]c2C2CCN(CCCC(F)(F)F)CC2)c1. The van der Waals surface area contributed by atoms with Crippen molar-refractivity contribution in [1.82, 2.24) is 15.1 Å². The van der Waals surface area contributed by atoms with E-state index in [4.69, 9.17) is 0 Å². The van der Waals surface area contributed by atoms with Crippen molar-refractivity contribution in [3.63, 3.8) is 0 Å². The topological polar surface area (TPSA) is 31.9 Å². The van der Waals surface area contributed by atoms with Crippen LogP contribution in [0.1, 0.15) is 42.9 Å². The van der Waals surface area contributed by atoms with E-state index in [0.29, 0.717) is 12.5 Å². The van der Waals surface area contributed by atoms with Gasteiger partial charge in [-0.05, 0) is 51.4 Å². The second-order valence-electron chi connectivity index (χ2n) is 6.90. The van der Waals surface area contributed by atoms with E-state index in [2.05, 4.69) is 40.2 Å². The Hall–Kier alpha value is -1.82. The van der Waals surface area contributed by atoms with Crippen molar-refractivity contribution in [1.29, 1.82) is 0 Å². The van der Waals surface area contributed by atoms with E-state index >= 15 is 0 Å². The summed E-state index contributed by atoms with van der Waals surface area (Å²) in [5.41, 5.74) is 4.67. The monoisotopic (exact) mass is 351 g/mol. The maximum Gasteiger partial charge on any atom is 0.389 e. The van der Waals surface area contributed by atoms with Gasteiger partial charge in [-0.2, -0.15) is 18.3 Å². The van der Waals surface area contributed by atoms with E-state index < -0.39 is 12.6 Å². The van der Waals surface area contributed by atoms with Crippen LogP contribution in [0.2, 0.25) is 0 Å². The molecule has 2 heterocycles. The van der Waals surface area contributed by atoms with Gasteiger partial charge in [0.25, 0.3) is 0 Å². The highest BCUT2D eigenvalue weighted by Crippen LogP contribution is 2.34. The molecule has 0 spiro atoms. The Bertz CT molecular complexity index is 685. The zero-order chi connectivity index (χ0) is 17.9. The highest BCUT2D eigenvalue weighted by atomic mass is 19.4. The Morgan fingerprint density at radius 2 is 2.00 bits per heavy atom. The number of halogens is 3. The molecule has 1 aliphatic rings. The number of benzene rings is 1. The largest absolute Gasteiger partial charge is 0.389 e. The molecular weight excluding hydrogens is 327 g/mol. The number of aromatic amines is 1. The zero-order valence-corrected chi connectivity index (χ0v) is 14.4. The zero-order valence-electron chi connectivity index (χ0n) is 14.4. The highest BCUT2D eigenvalue weighted by Gasteiger charge is 2.28. The van der Waals surface area contributed by atoms with Gasteiger partial charge in [0.05, 0.1) is 6.20 Å². The number of hydrogen-bond acceptors (Lipinski definition) is 2. The summed E-state index contributed by atoms with van der Waals surface area (Å²) in [7, 11) is 0. The molecular formula is C19H24F3N3. The highest BCUT2D eigenvalue weighted by molar-refractivity contribution is 5.66. The Kier molecular flexibility index (Phi) is 5.47. The van der Waals surface area contributed by atoms with Crippen LogP contribution in [0.3, 0.4) is 0 Å². The third-order valence-corrected chi connectivity index (χ3v) is 4.93. The molecule has 1 aromatic heterocycles. The first-order valence-corrected chi connectivity index (χ1v) is 8.82. The van der Waals surface area contributed by atoms with E-state index in [0.717, 1.165) is 42.8 Å². The van der Waals surface area contributed by atoms with Gasteiger partial charge in [0, 0.05) is 23.6 Å². The van der Waals surface area contributed by atoms with Crippen molar-refractivity contribution in [3.8, 4) is 11.1 Å². The molecule has 25 heavy (non-hydrogen) atoms. The maximum atomic E-state index is 12.3. The molecule has 3 nitrogen and oxygen atoms in total. The van der Waals surface area contributed by atoms with Crippen LogP contribution in [0.25, 0.3) is 11.1 Å². The van der Waals surface area contributed by atoms with E-state index in [1.165, 1.54) is 5.56 Å². The fourth-order valence-electron chi connectivity index (χ4n) is 3.60. The van der Waals surface area contributed by atoms with E-state index in [9.17, 15) is 13.2 Å². The second-order valence-corrected chi connectivity index (χ2v) is 6.90. The van der Waals surface area contributed by atoms with Crippen molar-refractivity contribution in [2.45, 2.75) is 44.7 Å². The Morgan fingerprint density at radius 3 is 2.68 bits per heavy atom. The van der Waals surface area contributed by atoms with E-state index in [-0.39, 0.29) is 6.42 Å². The standard InChI is InChI=1S/C19H24F3N3/c1-14-4-2-5-16(12-14)17-13-23-24-18(17)15-6-10-25(11-7-15)9-3-8-19(20,21)22/h2,4-5,12-13,15H,3,6-11H2,1H3,(H,23,24). The molecule has 0 amide bonds. The normalized spacial score (nSPS) is 17.1. The third-order valence-electron chi connectivity index (χ3n) is 4.93. The van der Waals surface area contributed by atoms with Gasteiger partial charge in [-0.3, -0.25) is 5.10 Å². The fraction of sp³-hybridized carbons (Fsp3) is 0.526. The molecule has 0 atom stereocenters. The number of nitrogens with one attached hydrogen (secondary N) is 1. The smallest absolute Gasteiger partial charge is 0.303 e. The van der Waals surface area contributed by atoms with Crippen molar-refractivity contribution in [3.05, 3.63) is 41.7 Å². The maximum absolute atomic E-state index is 12.3. The molecule has 136 valence electrons. The summed E-state index contributed by atoms with van der Waals surface area (Å²) in [4.78, 5) is 2.14. The van der Waals surface area contributed by atoms with Gasteiger partial charge in [0.2, 0.25) is 0 Å². The van der Waals surface area contributed by atoms with Crippen LogP contribution in [-0.2, 0) is 0 Å². The second kappa shape index (κ2) is 7.60. The summed E-state index contributed by atoms with van der Waals surface area (Å²) in [5.74, 6) is 0.386. The number of hydrogen-bond donors (Lipinski definition) is 1. The molecule has 0 radical (unpaired) electrons. The minimum absolute atomic E-state index is 0.187. The van der Waals surface area contributed by atoms with E-state index in [1.54, 1.807) is 0 Å². The molecule has 6 heteroatoms.